The predicted octanol–water partition coefficient (Wildman–Crippen LogP) is 0.969. The van der Waals surface area contributed by atoms with Gasteiger partial charge in [0.15, 0.2) is 0 Å². The Balaban J connectivity index is 2.12. The molecule has 0 saturated heterocycles. The molecule has 0 spiro atoms. The molecule has 0 radical (unpaired) electrons. The molecule has 1 aromatic carbocycles. The number of rotatable bonds is 3. The Morgan fingerprint density at radius 3 is 2.83 bits per heavy atom. The largest absolute Gasteiger partial charge is 0.343 e. The molecule has 2 N–H and O–H groups in total. The Hall–Kier alpha value is -2.38. The van der Waals surface area contributed by atoms with E-state index in [1.54, 1.807) is 6.92 Å². The topological polar surface area (TPSA) is 83.6 Å². The van der Waals surface area contributed by atoms with E-state index in [-0.39, 0.29) is 11.4 Å². The van der Waals surface area contributed by atoms with Gasteiger partial charge in [0.05, 0.1) is 6.04 Å². The van der Waals surface area contributed by atoms with Gasteiger partial charge in [-0.1, -0.05) is 6.07 Å². The number of halogens is 2. The van der Waals surface area contributed by atoms with Crippen LogP contribution < -0.4 is 5.32 Å². The van der Waals surface area contributed by atoms with Crippen LogP contribution in [-0.2, 0) is 0 Å². The molecule has 0 fully saturated rings. The Morgan fingerprint density at radius 1 is 1.44 bits per heavy atom. The zero-order valence-corrected chi connectivity index (χ0v) is 9.32. The minimum absolute atomic E-state index is 0.149. The van der Waals surface area contributed by atoms with E-state index in [0.29, 0.717) is 0 Å². The van der Waals surface area contributed by atoms with Crippen molar-refractivity contribution in [3.05, 3.63) is 41.2 Å². The van der Waals surface area contributed by atoms with E-state index in [9.17, 15) is 13.6 Å². The van der Waals surface area contributed by atoms with Gasteiger partial charge in [-0.15, -0.1) is 10.2 Å². The molecule has 0 aliphatic heterocycles. The van der Waals surface area contributed by atoms with Crippen LogP contribution in [0.15, 0.2) is 18.2 Å². The van der Waals surface area contributed by atoms with Gasteiger partial charge in [-0.2, -0.15) is 5.21 Å². The van der Waals surface area contributed by atoms with Crippen molar-refractivity contribution in [1.29, 1.82) is 0 Å². The summed E-state index contributed by atoms with van der Waals surface area (Å²) in [5, 5.41) is 14.8. The zero-order valence-electron chi connectivity index (χ0n) is 9.32. The lowest BCUT2D eigenvalue weighted by Gasteiger charge is -2.13. The fourth-order valence-electron chi connectivity index (χ4n) is 1.45. The molecule has 2 rings (SSSR count). The minimum atomic E-state index is -0.726. The van der Waals surface area contributed by atoms with Gasteiger partial charge in [0, 0.05) is 11.6 Å². The van der Waals surface area contributed by atoms with E-state index < -0.39 is 23.6 Å². The lowest BCUT2D eigenvalue weighted by atomic mass is 10.1. The minimum Gasteiger partial charge on any atom is -0.343 e. The van der Waals surface area contributed by atoms with Crippen molar-refractivity contribution in [3.8, 4) is 0 Å². The number of aromatic amines is 1. The van der Waals surface area contributed by atoms with Crippen LogP contribution in [0.25, 0.3) is 0 Å². The molecule has 8 heteroatoms. The average molecular weight is 253 g/mol. The third-order valence-corrected chi connectivity index (χ3v) is 2.33. The van der Waals surface area contributed by atoms with Gasteiger partial charge in [0.25, 0.3) is 11.7 Å². The molecule has 2 aromatic rings. The number of amides is 1. The second-order valence-corrected chi connectivity index (χ2v) is 3.60. The number of aromatic nitrogens is 4. The maximum atomic E-state index is 13.5. The normalized spacial score (nSPS) is 12.2. The summed E-state index contributed by atoms with van der Waals surface area (Å²) in [6.45, 7) is 1.56. The molecule has 94 valence electrons. The van der Waals surface area contributed by atoms with Crippen molar-refractivity contribution in [2.45, 2.75) is 13.0 Å². The van der Waals surface area contributed by atoms with E-state index >= 15 is 0 Å². The molecule has 0 aliphatic rings. The number of H-pyrrole nitrogens is 1. The second kappa shape index (κ2) is 4.86. The standard InChI is InChI=1S/C10H9F2N5O/c1-5(7-3-2-6(11)4-8(7)12)13-10(18)9-14-16-17-15-9/h2-5H,1H3,(H,13,18)(H,14,15,16,17). The van der Waals surface area contributed by atoms with E-state index in [2.05, 4.69) is 25.9 Å². The number of hydrogen-bond donors (Lipinski definition) is 2. The van der Waals surface area contributed by atoms with Crippen LogP contribution in [0.1, 0.15) is 29.1 Å². The van der Waals surface area contributed by atoms with E-state index in [4.69, 9.17) is 0 Å². The van der Waals surface area contributed by atoms with Crippen LogP contribution in [0.5, 0.6) is 0 Å². The summed E-state index contributed by atoms with van der Waals surface area (Å²) in [5.41, 5.74) is 0.174. The average Bonchev–Trinajstić information content (AvgIpc) is 2.81. The molecule has 1 aromatic heterocycles. The maximum Gasteiger partial charge on any atom is 0.293 e. The molecular formula is C10H9F2N5O. The van der Waals surface area contributed by atoms with Gasteiger partial charge in [0.2, 0.25) is 0 Å². The van der Waals surface area contributed by atoms with E-state index in [1.165, 1.54) is 6.07 Å². The van der Waals surface area contributed by atoms with Crippen molar-refractivity contribution in [3.63, 3.8) is 0 Å². The first-order valence-electron chi connectivity index (χ1n) is 5.07. The van der Waals surface area contributed by atoms with E-state index in [0.717, 1.165) is 12.1 Å². The molecule has 0 bridgehead atoms. The molecule has 0 saturated carbocycles. The number of hydrogen-bond acceptors (Lipinski definition) is 4. The Morgan fingerprint density at radius 2 is 2.22 bits per heavy atom. The highest BCUT2D eigenvalue weighted by Crippen LogP contribution is 2.17. The fraction of sp³-hybridized carbons (Fsp3) is 0.200. The summed E-state index contributed by atoms with van der Waals surface area (Å²) in [6.07, 6.45) is 0. The van der Waals surface area contributed by atoms with Gasteiger partial charge in [-0.05, 0) is 18.2 Å². The lowest BCUT2D eigenvalue weighted by Crippen LogP contribution is -2.28. The summed E-state index contributed by atoms with van der Waals surface area (Å²) >= 11 is 0. The van der Waals surface area contributed by atoms with Crippen LogP contribution in [0, 0.1) is 11.6 Å². The third kappa shape index (κ3) is 2.47. The van der Waals surface area contributed by atoms with E-state index in [1.807, 2.05) is 0 Å². The number of nitrogens with one attached hydrogen (secondary N) is 2. The van der Waals surface area contributed by atoms with Gasteiger partial charge < -0.3 is 5.32 Å². The van der Waals surface area contributed by atoms with Crippen molar-refractivity contribution in [2.24, 2.45) is 0 Å². The fourth-order valence-corrected chi connectivity index (χ4v) is 1.45. The zero-order chi connectivity index (χ0) is 13.1. The van der Waals surface area contributed by atoms with Gasteiger partial charge in [0.1, 0.15) is 11.6 Å². The number of carbonyl (C=O) groups is 1. The molecule has 6 nitrogen and oxygen atoms in total. The number of tetrazole rings is 1. The van der Waals surface area contributed by atoms with Crippen molar-refractivity contribution >= 4 is 5.91 Å². The van der Waals surface area contributed by atoms with Gasteiger partial charge >= 0.3 is 0 Å². The predicted molar refractivity (Wildman–Crippen MR) is 56.4 cm³/mol. The van der Waals surface area contributed by atoms with Crippen molar-refractivity contribution in [2.75, 3.05) is 0 Å². The lowest BCUT2D eigenvalue weighted by molar-refractivity contribution is 0.0929. The van der Waals surface area contributed by atoms with Crippen molar-refractivity contribution in [1.82, 2.24) is 25.9 Å². The molecule has 0 aliphatic carbocycles. The van der Waals surface area contributed by atoms with Crippen LogP contribution in [0.3, 0.4) is 0 Å². The third-order valence-electron chi connectivity index (χ3n) is 2.33. The highest BCUT2D eigenvalue weighted by molar-refractivity contribution is 5.90. The Labute approximate surface area is 100 Å². The summed E-state index contributed by atoms with van der Waals surface area (Å²) in [4.78, 5) is 11.6. The SMILES string of the molecule is CC(NC(=O)c1nn[nH]n1)c1ccc(F)cc1F. The molecule has 1 heterocycles. The quantitative estimate of drug-likeness (QED) is 0.853. The molecule has 1 atom stereocenters. The van der Waals surface area contributed by atoms with Crippen LogP contribution in [0.2, 0.25) is 0 Å². The number of benzene rings is 1. The van der Waals surface area contributed by atoms with Gasteiger partial charge in [-0.25, -0.2) is 8.78 Å². The highest BCUT2D eigenvalue weighted by Gasteiger charge is 2.17. The number of carbonyl (C=O) groups excluding carboxylic acids is 1. The number of nitrogens with zero attached hydrogens (tertiary/aromatic N) is 3. The summed E-state index contributed by atoms with van der Waals surface area (Å²) < 4.78 is 26.2. The molecule has 1 amide bonds. The summed E-state index contributed by atoms with van der Waals surface area (Å²) in [6, 6.07) is 2.50. The second-order valence-electron chi connectivity index (χ2n) is 3.60. The first-order chi connectivity index (χ1) is 8.58. The molecular weight excluding hydrogens is 244 g/mol. The molecule has 18 heavy (non-hydrogen) atoms. The van der Waals surface area contributed by atoms with Crippen molar-refractivity contribution < 1.29 is 13.6 Å². The maximum absolute atomic E-state index is 13.5. The van der Waals surface area contributed by atoms with Crippen LogP contribution in [0.4, 0.5) is 8.78 Å². The monoisotopic (exact) mass is 253 g/mol. The smallest absolute Gasteiger partial charge is 0.293 e. The van der Waals surface area contributed by atoms with Crippen LogP contribution in [-0.4, -0.2) is 26.5 Å². The Kier molecular flexibility index (Phi) is 3.26. The first-order valence-corrected chi connectivity index (χ1v) is 5.07. The molecule has 1 unspecified atom stereocenters. The van der Waals surface area contributed by atoms with Gasteiger partial charge in [-0.3, -0.25) is 4.79 Å². The summed E-state index contributed by atoms with van der Waals surface area (Å²) in [5.74, 6) is -2.15. The van der Waals surface area contributed by atoms with Crippen LogP contribution >= 0.6 is 0 Å². The highest BCUT2D eigenvalue weighted by atomic mass is 19.1. The Bertz CT molecular complexity index is 557. The first kappa shape index (κ1) is 12.1. The summed E-state index contributed by atoms with van der Waals surface area (Å²) in [7, 11) is 0.